The van der Waals surface area contributed by atoms with Gasteiger partial charge in [-0.15, -0.1) is 0 Å². The Morgan fingerprint density at radius 3 is 1.51 bits per heavy atom. The molecule has 0 atom stereocenters. The van der Waals surface area contributed by atoms with E-state index in [9.17, 15) is 0 Å². The van der Waals surface area contributed by atoms with Gasteiger partial charge in [0, 0.05) is 16.3 Å². The van der Waals surface area contributed by atoms with Gasteiger partial charge in [0.1, 0.15) is 0 Å². The zero-order valence-electron chi connectivity index (χ0n) is 29.7. The van der Waals surface area contributed by atoms with Crippen molar-refractivity contribution in [3.05, 3.63) is 100 Å². The molecular formula is C41H49Cl2FeN3. The molecule has 5 aromatic rings. The summed E-state index contributed by atoms with van der Waals surface area (Å²) in [5.41, 5.74) is 13.7. The first-order valence-corrected chi connectivity index (χ1v) is 19.7. The van der Waals surface area contributed by atoms with Gasteiger partial charge in [-0.3, -0.25) is 4.99 Å². The van der Waals surface area contributed by atoms with E-state index in [-0.39, 0.29) is 13.1 Å². The molecule has 2 aromatic heterocycles. The Bertz CT molecular complexity index is 1830. The van der Waals surface area contributed by atoms with Crippen molar-refractivity contribution in [2.45, 2.75) is 106 Å². The van der Waals surface area contributed by atoms with Crippen molar-refractivity contribution in [1.82, 2.24) is 9.97 Å². The third kappa shape index (κ3) is 8.28. The Kier molecular flexibility index (Phi) is 12.7. The average molecular weight is 711 g/mol. The number of benzene rings is 3. The Morgan fingerprint density at radius 2 is 1.04 bits per heavy atom. The van der Waals surface area contributed by atoms with E-state index in [1.807, 2.05) is 0 Å². The van der Waals surface area contributed by atoms with Crippen LogP contribution in [0.25, 0.3) is 33.1 Å². The molecule has 0 aliphatic rings. The van der Waals surface area contributed by atoms with E-state index in [0.717, 1.165) is 44.6 Å². The first-order chi connectivity index (χ1) is 22.3. The topological polar surface area (TPSA) is 38.1 Å². The fourth-order valence-electron chi connectivity index (χ4n) is 6.23. The number of aliphatic imine (C=N–C) groups is 1. The minimum absolute atomic E-state index is 0.194. The average Bonchev–Trinajstić information content (AvgIpc) is 3.03. The van der Waals surface area contributed by atoms with Gasteiger partial charge in [-0.1, -0.05) is 124 Å². The minimum atomic E-state index is 0.194. The molecule has 0 unspecified atom stereocenters. The Balaban J connectivity index is 0.00000160. The summed E-state index contributed by atoms with van der Waals surface area (Å²) in [6.45, 7) is 24.8. The van der Waals surface area contributed by atoms with Crippen molar-refractivity contribution in [3.63, 3.8) is 0 Å². The molecule has 3 aromatic carbocycles. The molecule has 2 heterocycles. The molecule has 47 heavy (non-hydrogen) atoms. The number of nitrogens with zero attached hydrogens (tertiary/aromatic N) is 3. The van der Waals surface area contributed by atoms with Gasteiger partial charge in [-0.25, -0.2) is 9.97 Å². The third-order valence-corrected chi connectivity index (χ3v) is 8.90. The van der Waals surface area contributed by atoms with Gasteiger partial charge in [-0.05, 0) is 76.5 Å². The summed E-state index contributed by atoms with van der Waals surface area (Å²) >= 11 is 0.194. The first kappa shape index (κ1) is 37.1. The van der Waals surface area contributed by atoms with Gasteiger partial charge >= 0.3 is 33.3 Å². The van der Waals surface area contributed by atoms with Gasteiger partial charge in [0.15, 0.2) is 0 Å². The number of rotatable bonds is 8. The fourth-order valence-corrected chi connectivity index (χ4v) is 6.23. The summed E-state index contributed by atoms with van der Waals surface area (Å²) in [5.74, 6) is 2.03. The molecule has 5 rings (SSSR count). The van der Waals surface area contributed by atoms with E-state index in [4.69, 9.17) is 35.2 Å². The second kappa shape index (κ2) is 16.1. The molecule has 0 saturated carbocycles. The van der Waals surface area contributed by atoms with E-state index in [1.54, 1.807) is 0 Å². The summed E-state index contributed by atoms with van der Waals surface area (Å²) in [6.07, 6.45) is 0. The molecule has 0 saturated heterocycles. The second-order valence-electron chi connectivity index (χ2n) is 14.0. The number of aromatic nitrogens is 2. The number of halogens is 2. The van der Waals surface area contributed by atoms with Gasteiger partial charge < -0.3 is 0 Å². The Labute approximate surface area is 297 Å². The quantitative estimate of drug-likeness (QED) is 0.0913. The van der Waals surface area contributed by atoms with Crippen LogP contribution in [0.4, 0.5) is 5.69 Å². The monoisotopic (exact) mass is 709 g/mol. The summed E-state index contributed by atoms with van der Waals surface area (Å²) < 4.78 is 0. The predicted octanol–water partition coefficient (Wildman–Crippen LogP) is 13.6. The SMILES string of the molecule is CC(=Nc1c(C(C)C)cccc1C(C)C)c1ccc2ccc3ccc(-c4c(C(C)C)cc(C(C)C)cc4C(C)C)nc3c2n1.[Cl][Fe][Cl]. The van der Waals surface area contributed by atoms with Crippen LogP contribution in [0.2, 0.25) is 0 Å². The summed E-state index contributed by atoms with van der Waals surface area (Å²) in [7, 11) is 9.53. The van der Waals surface area contributed by atoms with Crippen molar-refractivity contribution in [1.29, 1.82) is 0 Å². The molecule has 0 fully saturated rings. The van der Waals surface area contributed by atoms with Gasteiger partial charge in [0.25, 0.3) is 0 Å². The Hall–Kier alpha value is -2.75. The maximum absolute atomic E-state index is 5.39. The van der Waals surface area contributed by atoms with E-state index >= 15 is 0 Å². The van der Waals surface area contributed by atoms with Crippen LogP contribution in [0.1, 0.15) is 139 Å². The normalized spacial score (nSPS) is 12.3. The number of pyridine rings is 2. The molecule has 0 N–H and O–H groups in total. The van der Waals surface area contributed by atoms with Crippen molar-refractivity contribution < 1.29 is 13.1 Å². The molecule has 0 aliphatic carbocycles. The molecule has 250 valence electrons. The number of hydrogen-bond acceptors (Lipinski definition) is 3. The number of hydrogen-bond donors (Lipinski definition) is 0. The summed E-state index contributed by atoms with van der Waals surface area (Å²) in [6, 6.07) is 24.4. The molecule has 0 bridgehead atoms. The van der Waals surface area contributed by atoms with Gasteiger partial charge in [-0.2, -0.15) is 0 Å². The van der Waals surface area contributed by atoms with Crippen molar-refractivity contribution in [2.24, 2.45) is 4.99 Å². The molecule has 0 radical (unpaired) electrons. The Morgan fingerprint density at radius 1 is 0.596 bits per heavy atom. The van der Waals surface area contributed by atoms with Crippen LogP contribution < -0.4 is 0 Å². The van der Waals surface area contributed by atoms with Crippen LogP contribution in [0, 0.1) is 0 Å². The number of para-hydroxylation sites is 1. The van der Waals surface area contributed by atoms with Crippen LogP contribution in [-0.4, -0.2) is 15.7 Å². The zero-order valence-corrected chi connectivity index (χ0v) is 32.3. The van der Waals surface area contributed by atoms with E-state index in [2.05, 4.69) is 143 Å². The van der Waals surface area contributed by atoms with Crippen molar-refractivity contribution >= 4 is 53.4 Å². The third-order valence-electron chi connectivity index (χ3n) is 8.90. The zero-order chi connectivity index (χ0) is 34.6. The molecule has 3 nitrogen and oxygen atoms in total. The van der Waals surface area contributed by atoms with Crippen molar-refractivity contribution in [2.75, 3.05) is 0 Å². The van der Waals surface area contributed by atoms with E-state index < -0.39 is 0 Å². The van der Waals surface area contributed by atoms with Crippen LogP contribution in [0.3, 0.4) is 0 Å². The standard InChI is InChI=1S/C41H49N3.2ClH.Fe/c1-23(2)31-21-34(26(7)8)38(35(22-31)27(9)10)37-20-18-30-16-15-29-17-19-36(43-39(29)40(30)44-37)28(11)42-41-32(24(3)4)13-12-14-33(41)25(5)6;;;/h12-27H,1-11H3;2*1H;/q;;;+2/p-2. The first-order valence-electron chi connectivity index (χ1n) is 16.7. The van der Waals surface area contributed by atoms with Crippen LogP contribution in [-0.2, 0) is 13.1 Å². The molecule has 0 amide bonds. The molecule has 0 aliphatic heterocycles. The van der Waals surface area contributed by atoms with Crippen LogP contribution in [0.15, 0.2) is 71.7 Å². The van der Waals surface area contributed by atoms with E-state index in [1.165, 1.54) is 33.4 Å². The molecular weight excluding hydrogens is 661 g/mol. The maximum atomic E-state index is 5.39. The van der Waals surface area contributed by atoms with Crippen LogP contribution >= 0.6 is 20.2 Å². The van der Waals surface area contributed by atoms with Gasteiger partial charge in [0.05, 0.1) is 33.8 Å². The predicted molar refractivity (Wildman–Crippen MR) is 203 cm³/mol. The molecule has 6 heteroatoms. The fraction of sp³-hybridized carbons (Fsp3) is 0.390. The van der Waals surface area contributed by atoms with Crippen molar-refractivity contribution in [3.8, 4) is 11.3 Å². The summed E-state index contributed by atoms with van der Waals surface area (Å²) in [4.78, 5) is 15.9. The summed E-state index contributed by atoms with van der Waals surface area (Å²) in [5, 5.41) is 2.19. The van der Waals surface area contributed by atoms with Gasteiger partial charge in [0.2, 0.25) is 0 Å². The number of fused-ring (bicyclic) bond motifs is 3. The van der Waals surface area contributed by atoms with E-state index in [0.29, 0.717) is 29.6 Å². The van der Waals surface area contributed by atoms with Crippen LogP contribution in [0.5, 0.6) is 0 Å². The molecule has 0 spiro atoms. The second-order valence-corrected chi connectivity index (χ2v) is 15.8.